The number of nitrogens with zero attached hydrogens (tertiary/aromatic N) is 2. The normalized spacial score (nSPS) is 18.1. The minimum atomic E-state index is -0.741. The molecule has 30 heavy (non-hydrogen) atoms. The van der Waals surface area contributed by atoms with Crippen LogP contribution in [0.1, 0.15) is 34.7 Å². The molecule has 2 atom stereocenters. The van der Waals surface area contributed by atoms with Crippen LogP contribution < -0.4 is 0 Å². The smallest absolute Gasteiger partial charge is 0.307 e. The van der Waals surface area contributed by atoms with Gasteiger partial charge in [-0.3, -0.25) is 4.79 Å². The maximum absolute atomic E-state index is 11.4. The Labute approximate surface area is 175 Å². The van der Waals surface area contributed by atoms with Crippen LogP contribution in [-0.2, 0) is 10.3 Å². The topological polar surface area (TPSA) is 55.1 Å². The van der Waals surface area contributed by atoms with Crippen molar-refractivity contribution in [2.75, 3.05) is 0 Å². The Morgan fingerprint density at radius 1 is 0.833 bits per heavy atom. The largest absolute Gasteiger partial charge is 0.481 e. The number of imidazole rings is 1. The zero-order chi connectivity index (χ0) is 20.6. The van der Waals surface area contributed by atoms with E-state index < -0.39 is 11.5 Å². The van der Waals surface area contributed by atoms with Gasteiger partial charge in [0.05, 0.1) is 17.9 Å². The summed E-state index contributed by atoms with van der Waals surface area (Å²) < 4.78 is 2.14. The predicted octanol–water partition coefficient (Wildman–Crippen LogP) is 4.91. The maximum Gasteiger partial charge on any atom is 0.307 e. The van der Waals surface area contributed by atoms with Crippen molar-refractivity contribution in [2.45, 2.75) is 17.9 Å². The van der Waals surface area contributed by atoms with Gasteiger partial charge in [-0.25, -0.2) is 4.98 Å². The van der Waals surface area contributed by atoms with Gasteiger partial charge in [0.2, 0.25) is 0 Å². The second kappa shape index (κ2) is 7.30. The molecule has 0 unspecified atom stereocenters. The molecule has 1 N–H and O–H groups in total. The van der Waals surface area contributed by atoms with E-state index in [-0.39, 0.29) is 11.8 Å². The van der Waals surface area contributed by atoms with Gasteiger partial charge in [-0.15, -0.1) is 0 Å². The Bertz CT molecular complexity index is 1060. The summed E-state index contributed by atoms with van der Waals surface area (Å²) in [7, 11) is 0. The summed E-state index contributed by atoms with van der Waals surface area (Å²) in [5, 5.41) is 9.35. The van der Waals surface area contributed by atoms with Crippen LogP contribution in [-0.4, -0.2) is 20.6 Å². The lowest BCUT2D eigenvalue weighted by atomic mass is 9.77. The number of hydrogen-bond acceptors (Lipinski definition) is 2. The summed E-state index contributed by atoms with van der Waals surface area (Å²) >= 11 is 0. The average Bonchev–Trinajstić information content (AvgIpc) is 3.47. The fraction of sp³-hybridized carbons (Fsp3) is 0.154. The van der Waals surface area contributed by atoms with Crippen molar-refractivity contribution in [3.63, 3.8) is 0 Å². The van der Waals surface area contributed by atoms with Crippen LogP contribution in [0.2, 0.25) is 0 Å². The van der Waals surface area contributed by atoms with Gasteiger partial charge in [-0.2, -0.15) is 0 Å². The molecule has 1 saturated carbocycles. The molecule has 0 saturated heterocycles. The van der Waals surface area contributed by atoms with Gasteiger partial charge in [0.15, 0.2) is 0 Å². The van der Waals surface area contributed by atoms with Crippen LogP contribution in [0.4, 0.5) is 0 Å². The predicted molar refractivity (Wildman–Crippen MR) is 115 cm³/mol. The van der Waals surface area contributed by atoms with E-state index in [1.807, 2.05) is 30.7 Å². The molecule has 0 aliphatic heterocycles. The van der Waals surface area contributed by atoms with Crippen molar-refractivity contribution >= 4 is 5.97 Å². The molecule has 5 rings (SSSR count). The first kappa shape index (κ1) is 18.4. The van der Waals surface area contributed by atoms with Gasteiger partial charge in [0, 0.05) is 12.1 Å². The first-order valence-corrected chi connectivity index (χ1v) is 10.1. The van der Waals surface area contributed by atoms with E-state index in [2.05, 4.69) is 82.3 Å². The molecule has 1 aliphatic carbocycles. The SMILES string of the molecule is O=C(O)[C@@H]1C[C@H]1c1cn(C(c2ccccc2)(c2ccccc2)c2ccccc2)cn1. The van der Waals surface area contributed by atoms with E-state index >= 15 is 0 Å². The van der Waals surface area contributed by atoms with Gasteiger partial charge in [-0.1, -0.05) is 91.0 Å². The van der Waals surface area contributed by atoms with Crippen molar-refractivity contribution in [1.82, 2.24) is 9.55 Å². The fourth-order valence-electron chi connectivity index (χ4n) is 4.49. The molecular formula is C26H22N2O2. The first-order valence-electron chi connectivity index (χ1n) is 10.1. The van der Waals surface area contributed by atoms with Gasteiger partial charge in [-0.05, 0) is 23.1 Å². The number of carbonyl (C=O) groups is 1. The number of rotatable bonds is 6. The van der Waals surface area contributed by atoms with Crippen LogP contribution in [0.15, 0.2) is 104 Å². The molecule has 0 spiro atoms. The zero-order valence-corrected chi connectivity index (χ0v) is 16.4. The Morgan fingerprint density at radius 2 is 1.30 bits per heavy atom. The van der Waals surface area contributed by atoms with E-state index in [1.54, 1.807) is 0 Å². The molecule has 3 aromatic carbocycles. The van der Waals surface area contributed by atoms with E-state index in [1.165, 1.54) is 0 Å². The zero-order valence-electron chi connectivity index (χ0n) is 16.4. The first-order chi connectivity index (χ1) is 14.7. The standard InChI is InChI=1S/C26H22N2O2/c29-25(30)23-16-22(23)24-17-28(18-27-24)26(19-10-4-1-5-11-19,20-12-6-2-7-13-20)21-14-8-3-9-15-21/h1-15,17-18,22-23H,16H2,(H,29,30)/t22-,23-/m1/s1. The molecular weight excluding hydrogens is 372 g/mol. The summed E-state index contributed by atoms with van der Waals surface area (Å²) in [6.45, 7) is 0. The lowest BCUT2D eigenvalue weighted by molar-refractivity contribution is -0.138. The Hall–Kier alpha value is -3.66. The van der Waals surface area contributed by atoms with Crippen LogP contribution in [0.5, 0.6) is 0 Å². The third-order valence-electron chi connectivity index (χ3n) is 6.05. The number of aromatic nitrogens is 2. The number of aliphatic carboxylic acids is 1. The Morgan fingerprint density at radius 3 is 1.70 bits per heavy atom. The van der Waals surface area contributed by atoms with Gasteiger partial charge < -0.3 is 9.67 Å². The van der Waals surface area contributed by atoms with E-state index in [9.17, 15) is 9.90 Å². The van der Waals surface area contributed by atoms with Gasteiger partial charge in [0.25, 0.3) is 0 Å². The van der Waals surface area contributed by atoms with Crippen LogP contribution in [0, 0.1) is 5.92 Å². The second-order valence-corrected chi connectivity index (χ2v) is 7.80. The van der Waals surface area contributed by atoms with Gasteiger partial charge in [0.1, 0.15) is 5.54 Å². The minimum Gasteiger partial charge on any atom is -0.481 e. The molecule has 4 aromatic rings. The monoisotopic (exact) mass is 394 g/mol. The number of carboxylic acids is 1. The van der Waals surface area contributed by atoms with Crippen molar-refractivity contribution in [2.24, 2.45) is 5.92 Å². The fourth-order valence-corrected chi connectivity index (χ4v) is 4.49. The maximum atomic E-state index is 11.4. The number of hydrogen-bond donors (Lipinski definition) is 1. The highest BCUT2D eigenvalue weighted by atomic mass is 16.4. The van der Waals surface area contributed by atoms with E-state index in [4.69, 9.17) is 0 Å². The molecule has 148 valence electrons. The Kier molecular flexibility index (Phi) is 4.47. The summed E-state index contributed by atoms with van der Waals surface area (Å²) in [6.07, 6.45) is 4.53. The van der Waals surface area contributed by atoms with E-state index in [0.717, 1.165) is 22.4 Å². The second-order valence-electron chi connectivity index (χ2n) is 7.80. The molecule has 4 heteroatoms. The molecule has 1 aromatic heterocycles. The highest BCUT2D eigenvalue weighted by molar-refractivity contribution is 5.75. The van der Waals surface area contributed by atoms with Crippen molar-refractivity contribution in [1.29, 1.82) is 0 Å². The molecule has 1 aliphatic rings. The quantitative estimate of drug-likeness (QED) is 0.473. The van der Waals surface area contributed by atoms with E-state index in [0.29, 0.717) is 6.42 Å². The van der Waals surface area contributed by atoms with Crippen LogP contribution >= 0.6 is 0 Å². The summed E-state index contributed by atoms with van der Waals surface area (Å²) in [6, 6.07) is 31.2. The number of benzene rings is 3. The third-order valence-corrected chi connectivity index (χ3v) is 6.05. The molecule has 0 radical (unpaired) electrons. The van der Waals surface area contributed by atoms with Crippen molar-refractivity contribution < 1.29 is 9.90 Å². The van der Waals surface area contributed by atoms with Crippen LogP contribution in [0.25, 0.3) is 0 Å². The third kappa shape index (κ3) is 2.92. The Balaban J connectivity index is 1.75. The summed E-state index contributed by atoms with van der Waals surface area (Å²) in [5.41, 5.74) is 3.60. The van der Waals surface area contributed by atoms with Crippen LogP contribution in [0.3, 0.4) is 0 Å². The molecule has 0 amide bonds. The van der Waals surface area contributed by atoms with Crippen molar-refractivity contribution in [3.8, 4) is 0 Å². The lowest BCUT2D eigenvalue weighted by Gasteiger charge is -2.37. The molecule has 1 heterocycles. The molecule has 4 nitrogen and oxygen atoms in total. The molecule has 1 fully saturated rings. The highest BCUT2D eigenvalue weighted by Gasteiger charge is 2.46. The van der Waals surface area contributed by atoms with Crippen molar-refractivity contribution in [3.05, 3.63) is 126 Å². The summed E-state index contributed by atoms with van der Waals surface area (Å²) in [5.74, 6) is -1.08. The minimum absolute atomic E-state index is 0.0104. The average molecular weight is 394 g/mol. The lowest BCUT2D eigenvalue weighted by Crippen LogP contribution is -2.36. The highest BCUT2D eigenvalue weighted by Crippen LogP contribution is 2.48. The summed E-state index contributed by atoms with van der Waals surface area (Å²) in [4.78, 5) is 16.0. The molecule has 0 bridgehead atoms. The number of carboxylic acid groups (broad SMARTS) is 1. The van der Waals surface area contributed by atoms with Gasteiger partial charge >= 0.3 is 5.97 Å².